The van der Waals surface area contributed by atoms with E-state index in [1.54, 1.807) is 6.08 Å². The largest absolute Gasteiger partial charge is 0.493 e. The van der Waals surface area contributed by atoms with Crippen LogP contribution in [0.1, 0.15) is 44.6 Å². The minimum atomic E-state index is 0.0217. The van der Waals surface area contributed by atoms with E-state index in [0.717, 1.165) is 43.5 Å². The molecule has 0 radical (unpaired) electrons. The Labute approximate surface area is 138 Å². The molecule has 1 aliphatic rings. The highest BCUT2D eigenvalue weighted by molar-refractivity contribution is 5.92. The number of hydrogen-bond donors (Lipinski definition) is 1. The van der Waals surface area contributed by atoms with Crippen LogP contribution in [-0.4, -0.2) is 41.7 Å². The van der Waals surface area contributed by atoms with Crippen molar-refractivity contribution in [1.29, 1.82) is 0 Å². The van der Waals surface area contributed by atoms with Gasteiger partial charge in [0.1, 0.15) is 5.75 Å². The molecule has 1 unspecified atom stereocenters. The van der Waals surface area contributed by atoms with Gasteiger partial charge in [0, 0.05) is 30.8 Å². The van der Waals surface area contributed by atoms with Crippen LogP contribution in [0.4, 0.5) is 0 Å². The first-order valence-corrected chi connectivity index (χ1v) is 8.57. The molecule has 0 spiro atoms. The van der Waals surface area contributed by atoms with E-state index in [1.165, 1.54) is 0 Å². The molecule has 23 heavy (non-hydrogen) atoms. The zero-order valence-corrected chi connectivity index (χ0v) is 13.9. The Hall–Kier alpha value is -1.81. The first-order valence-electron chi connectivity index (χ1n) is 8.57. The van der Waals surface area contributed by atoms with Crippen LogP contribution in [0.25, 0.3) is 6.08 Å². The molecule has 1 atom stereocenters. The summed E-state index contributed by atoms with van der Waals surface area (Å²) < 4.78 is 5.71. The van der Waals surface area contributed by atoms with Gasteiger partial charge < -0.3 is 14.7 Å². The minimum absolute atomic E-state index is 0.0217. The zero-order valence-electron chi connectivity index (χ0n) is 13.9. The van der Waals surface area contributed by atoms with Gasteiger partial charge >= 0.3 is 0 Å². The van der Waals surface area contributed by atoms with Crippen molar-refractivity contribution >= 4 is 12.0 Å². The van der Waals surface area contributed by atoms with Gasteiger partial charge in [-0.05, 0) is 44.2 Å². The number of aliphatic hydroxyl groups excluding tert-OH is 1. The summed E-state index contributed by atoms with van der Waals surface area (Å²) in [6.45, 7) is 3.65. The van der Waals surface area contributed by atoms with Crippen LogP contribution >= 0.6 is 0 Å². The molecule has 126 valence electrons. The third-order valence-electron chi connectivity index (χ3n) is 4.16. The van der Waals surface area contributed by atoms with E-state index in [0.29, 0.717) is 13.0 Å². The number of benzene rings is 1. The number of piperidine rings is 1. The Morgan fingerprint density at radius 3 is 3.00 bits per heavy atom. The number of hydrogen-bond acceptors (Lipinski definition) is 3. The lowest BCUT2D eigenvalue weighted by Gasteiger charge is -2.34. The van der Waals surface area contributed by atoms with Crippen molar-refractivity contribution in [2.45, 2.75) is 45.1 Å². The Bertz CT molecular complexity index is 525. The van der Waals surface area contributed by atoms with Crippen LogP contribution in [-0.2, 0) is 4.79 Å². The molecule has 1 aromatic carbocycles. The molecular weight excluding hydrogens is 290 g/mol. The van der Waals surface area contributed by atoms with Crippen LogP contribution in [0.2, 0.25) is 0 Å². The second kappa shape index (κ2) is 9.36. The molecule has 0 saturated carbocycles. The molecule has 1 aromatic rings. The van der Waals surface area contributed by atoms with Gasteiger partial charge in [-0.25, -0.2) is 0 Å². The van der Waals surface area contributed by atoms with Gasteiger partial charge in [-0.3, -0.25) is 4.79 Å². The van der Waals surface area contributed by atoms with E-state index in [1.807, 2.05) is 35.2 Å². The Morgan fingerprint density at radius 1 is 1.39 bits per heavy atom. The van der Waals surface area contributed by atoms with Gasteiger partial charge in [-0.15, -0.1) is 0 Å². The first-order chi connectivity index (χ1) is 11.3. The zero-order chi connectivity index (χ0) is 16.5. The number of carbonyl (C=O) groups is 1. The molecule has 4 heteroatoms. The average Bonchev–Trinajstić information content (AvgIpc) is 2.59. The van der Waals surface area contributed by atoms with Crippen LogP contribution in [0.5, 0.6) is 5.75 Å². The van der Waals surface area contributed by atoms with Crippen molar-refractivity contribution in [3.05, 3.63) is 35.9 Å². The van der Waals surface area contributed by atoms with E-state index >= 15 is 0 Å². The molecule has 1 N–H and O–H groups in total. The van der Waals surface area contributed by atoms with E-state index in [2.05, 4.69) is 6.92 Å². The monoisotopic (exact) mass is 317 g/mol. The number of amides is 1. The maximum absolute atomic E-state index is 12.5. The lowest BCUT2D eigenvalue weighted by molar-refractivity contribution is -0.129. The fraction of sp³-hybridized carbons (Fsp3) is 0.526. The average molecular weight is 317 g/mol. The lowest BCUT2D eigenvalue weighted by atomic mass is 9.99. The number of rotatable bonds is 7. The third kappa shape index (κ3) is 5.10. The van der Waals surface area contributed by atoms with Crippen LogP contribution < -0.4 is 4.74 Å². The standard InChI is InChI=1S/C19H27NO3/c1-2-15-23-18-9-4-3-7-16(18)10-11-19(22)20-13-6-5-8-17(20)12-14-21/h3-4,7,9-11,17,21H,2,5-6,8,12-15H2,1H3/b11-10+. The van der Waals surface area contributed by atoms with Gasteiger partial charge in [-0.2, -0.15) is 0 Å². The predicted octanol–water partition coefficient (Wildman–Crippen LogP) is 3.25. The predicted molar refractivity (Wildman–Crippen MR) is 92.3 cm³/mol. The van der Waals surface area contributed by atoms with Gasteiger partial charge in [0.05, 0.1) is 6.61 Å². The normalized spacial score (nSPS) is 18.3. The summed E-state index contributed by atoms with van der Waals surface area (Å²) in [5.74, 6) is 0.831. The summed E-state index contributed by atoms with van der Waals surface area (Å²) in [5, 5.41) is 9.17. The van der Waals surface area contributed by atoms with E-state index in [-0.39, 0.29) is 18.6 Å². The molecule has 1 amide bonds. The molecule has 0 bridgehead atoms. The number of ether oxygens (including phenoxy) is 1. The van der Waals surface area contributed by atoms with Crippen molar-refractivity contribution in [3.63, 3.8) is 0 Å². The summed E-state index contributed by atoms with van der Waals surface area (Å²) in [6, 6.07) is 7.92. The molecule has 1 heterocycles. The highest BCUT2D eigenvalue weighted by Gasteiger charge is 2.24. The van der Waals surface area contributed by atoms with Crippen LogP contribution in [0.15, 0.2) is 30.3 Å². The summed E-state index contributed by atoms with van der Waals surface area (Å²) in [7, 11) is 0. The Kier molecular flexibility index (Phi) is 7.14. The number of likely N-dealkylation sites (tertiary alicyclic amines) is 1. The fourth-order valence-corrected chi connectivity index (χ4v) is 2.96. The van der Waals surface area contributed by atoms with Crippen molar-refractivity contribution in [3.8, 4) is 5.75 Å². The first kappa shape index (κ1) is 17.5. The highest BCUT2D eigenvalue weighted by atomic mass is 16.5. The third-order valence-corrected chi connectivity index (χ3v) is 4.16. The molecule has 4 nitrogen and oxygen atoms in total. The van der Waals surface area contributed by atoms with Gasteiger partial charge in [-0.1, -0.05) is 25.1 Å². The smallest absolute Gasteiger partial charge is 0.246 e. The molecule has 0 aliphatic carbocycles. The summed E-state index contributed by atoms with van der Waals surface area (Å²) >= 11 is 0. The van der Waals surface area contributed by atoms with Gasteiger partial charge in [0.25, 0.3) is 0 Å². The number of para-hydroxylation sites is 1. The molecule has 2 rings (SSSR count). The van der Waals surface area contributed by atoms with Crippen LogP contribution in [0.3, 0.4) is 0 Å². The van der Waals surface area contributed by atoms with Crippen molar-refractivity contribution in [2.75, 3.05) is 19.8 Å². The van der Waals surface area contributed by atoms with Crippen molar-refractivity contribution < 1.29 is 14.6 Å². The second-order valence-electron chi connectivity index (χ2n) is 5.91. The van der Waals surface area contributed by atoms with Gasteiger partial charge in [0.15, 0.2) is 0 Å². The topological polar surface area (TPSA) is 49.8 Å². The summed E-state index contributed by atoms with van der Waals surface area (Å²) in [5.41, 5.74) is 0.921. The van der Waals surface area contributed by atoms with E-state index < -0.39 is 0 Å². The van der Waals surface area contributed by atoms with Gasteiger partial charge in [0.2, 0.25) is 5.91 Å². The second-order valence-corrected chi connectivity index (χ2v) is 5.91. The number of nitrogens with zero attached hydrogens (tertiary/aromatic N) is 1. The number of aliphatic hydroxyl groups is 1. The quantitative estimate of drug-likeness (QED) is 0.785. The van der Waals surface area contributed by atoms with Crippen LogP contribution in [0, 0.1) is 0 Å². The maximum atomic E-state index is 12.5. The summed E-state index contributed by atoms with van der Waals surface area (Å²) in [4.78, 5) is 14.4. The maximum Gasteiger partial charge on any atom is 0.246 e. The number of carbonyl (C=O) groups excluding carboxylic acids is 1. The Balaban J connectivity index is 2.05. The minimum Gasteiger partial charge on any atom is -0.493 e. The lowest BCUT2D eigenvalue weighted by Crippen LogP contribution is -2.43. The molecule has 1 aliphatic heterocycles. The Morgan fingerprint density at radius 2 is 2.22 bits per heavy atom. The van der Waals surface area contributed by atoms with E-state index in [9.17, 15) is 9.90 Å². The molecule has 1 saturated heterocycles. The fourth-order valence-electron chi connectivity index (χ4n) is 2.96. The van der Waals surface area contributed by atoms with E-state index in [4.69, 9.17) is 4.74 Å². The molecular formula is C19H27NO3. The highest BCUT2D eigenvalue weighted by Crippen LogP contribution is 2.22. The molecule has 0 aromatic heterocycles. The van der Waals surface area contributed by atoms with Crippen molar-refractivity contribution in [2.24, 2.45) is 0 Å². The molecule has 1 fully saturated rings. The SMILES string of the molecule is CCCOc1ccccc1/C=C/C(=O)N1CCCCC1CCO. The summed E-state index contributed by atoms with van der Waals surface area (Å²) in [6.07, 6.45) is 8.23. The van der Waals surface area contributed by atoms with Crippen molar-refractivity contribution in [1.82, 2.24) is 4.90 Å².